The molecule has 4 rings (SSSR count). The van der Waals surface area contributed by atoms with Crippen LogP contribution in [-0.4, -0.2) is 17.1 Å². The lowest BCUT2D eigenvalue weighted by Gasteiger charge is -2.13. The molecule has 0 aliphatic heterocycles. The molecule has 8 heteroatoms. The van der Waals surface area contributed by atoms with Crippen molar-refractivity contribution in [1.82, 2.24) is 4.98 Å². The smallest absolute Gasteiger partial charge is 0.280 e. The number of hydrazone groups is 1. The van der Waals surface area contributed by atoms with Gasteiger partial charge in [0, 0.05) is 15.1 Å². The highest BCUT2D eigenvalue weighted by molar-refractivity contribution is 9.10. The lowest BCUT2D eigenvalue weighted by Crippen LogP contribution is -2.25. The van der Waals surface area contributed by atoms with Crippen molar-refractivity contribution in [2.45, 2.75) is 0 Å². The molecule has 0 atom stereocenters. The van der Waals surface area contributed by atoms with E-state index in [0.717, 1.165) is 14.7 Å². The zero-order chi connectivity index (χ0) is 18.8. The van der Waals surface area contributed by atoms with Gasteiger partial charge in [-0.05, 0) is 48.5 Å². The summed E-state index contributed by atoms with van der Waals surface area (Å²) in [6.45, 7) is 0. The van der Waals surface area contributed by atoms with Crippen LogP contribution in [-0.2, 0) is 0 Å². The van der Waals surface area contributed by atoms with Crippen molar-refractivity contribution in [3.8, 4) is 0 Å². The number of hydrogen-bond acceptors (Lipinski definition) is 5. The third-order valence-corrected chi connectivity index (χ3v) is 5.35. The van der Waals surface area contributed by atoms with Gasteiger partial charge in [-0.1, -0.05) is 44.9 Å². The molecule has 4 aromatic rings. The fourth-order valence-corrected chi connectivity index (χ4v) is 4.05. The molecule has 0 saturated heterocycles. The van der Waals surface area contributed by atoms with E-state index in [-0.39, 0.29) is 5.91 Å². The summed E-state index contributed by atoms with van der Waals surface area (Å²) in [4.78, 5) is 17.6. The molecule has 2 aromatic heterocycles. The first-order valence-corrected chi connectivity index (χ1v) is 9.82. The monoisotopic (exact) mass is 459 g/mol. The summed E-state index contributed by atoms with van der Waals surface area (Å²) in [7, 11) is 0. The second-order valence-corrected chi connectivity index (χ2v) is 7.86. The fourth-order valence-electron chi connectivity index (χ4n) is 2.39. The van der Waals surface area contributed by atoms with Crippen LogP contribution in [0.4, 0.5) is 5.13 Å². The topological polar surface area (TPSA) is 58.7 Å². The predicted octanol–water partition coefficient (Wildman–Crippen LogP) is 5.99. The standard InChI is InChI=1S/C19H11BrClN3O2S/c20-13-6-7-16-17(10-13)27-19(23-16)24(22-11-15-5-2-8-26-15)18(25)12-3-1-4-14(21)9-12/h1-11H/b22-11+. The Hall–Kier alpha value is -2.48. The molecule has 2 heterocycles. The van der Waals surface area contributed by atoms with E-state index in [1.807, 2.05) is 18.2 Å². The number of thiazole rings is 1. The summed E-state index contributed by atoms with van der Waals surface area (Å²) >= 11 is 10.9. The van der Waals surface area contributed by atoms with Crippen LogP contribution in [0.2, 0.25) is 5.02 Å². The maximum Gasteiger partial charge on any atom is 0.280 e. The van der Waals surface area contributed by atoms with Gasteiger partial charge in [0.25, 0.3) is 5.91 Å². The molecule has 0 aliphatic rings. The van der Waals surface area contributed by atoms with Crippen LogP contribution in [0.15, 0.2) is 74.9 Å². The lowest BCUT2D eigenvalue weighted by molar-refractivity contribution is 0.0988. The number of fused-ring (bicyclic) bond motifs is 1. The summed E-state index contributed by atoms with van der Waals surface area (Å²) in [5.41, 5.74) is 1.20. The zero-order valence-corrected chi connectivity index (χ0v) is 16.8. The third-order valence-electron chi connectivity index (χ3n) is 3.63. The molecule has 0 N–H and O–H groups in total. The third kappa shape index (κ3) is 3.95. The molecular formula is C19H11BrClN3O2S. The minimum absolute atomic E-state index is 0.335. The summed E-state index contributed by atoms with van der Waals surface area (Å²) in [6.07, 6.45) is 3.02. The van der Waals surface area contributed by atoms with Gasteiger partial charge in [0.15, 0.2) is 0 Å². The molecule has 0 spiro atoms. The molecule has 134 valence electrons. The number of halogens is 2. The van der Waals surface area contributed by atoms with E-state index < -0.39 is 0 Å². The SMILES string of the molecule is O=C(c1cccc(Cl)c1)N(/N=C/c1ccco1)c1nc2ccc(Br)cc2s1. The highest BCUT2D eigenvalue weighted by atomic mass is 79.9. The van der Waals surface area contributed by atoms with E-state index in [9.17, 15) is 4.79 Å². The van der Waals surface area contributed by atoms with Crippen LogP contribution in [0.25, 0.3) is 10.2 Å². The molecule has 0 fully saturated rings. The fraction of sp³-hybridized carbons (Fsp3) is 0. The first-order valence-electron chi connectivity index (χ1n) is 7.84. The average Bonchev–Trinajstić information content (AvgIpc) is 3.31. The first-order chi connectivity index (χ1) is 13.1. The number of rotatable bonds is 4. The number of carbonyl (C=O) groups excluding carboxylic acids is 1. The van der Waals surface area contributed by atoms with E-state index in [1.165, 1.54) is 22.6 Å². The van der Waals surface area contributed by atoms with Gasteiger partial charge in [-0.25, -0.2) is 4.98 Å². The number of furan rings is 1. The average molecular weight is 461 g/mol. The van der Waals surface area contributed by atoms with Gasteiger partial charge in [0.1, 0.15) is 5.76 Å². The van der Waals surface area contributed by atoms with Gasteiger partial charge < -0.3 is 4.42 Å². The predicted molar refractivity (Wildman–Crippen MR) is 112 cm³/mol. The van der Waals surface area contributed by atoms with E-state index in [2.05, 4.69) is 26.0 Å². The Morgan fingerprint density at radius 1 is 1.22 bits per heavy atom. The molecule has 2 aromatic carbocycles. The van der Waals surface area contributed by atoms with Gasteiger partial charge in [-0.2, -0.15) is 10.1 Å². The van der Waals surface area contributed by atoms with Gasteiger partial charge in [0.05, 0.1) is 22.7 Å². The van der Waals surface area contributed by atoms with Gasteiger partial charge >= 0.3 is 0 Å². The quantitative estimate of drug-likeness (QED) is 0.278. The van der Waals surface area contributed by atoms with Crippen molar-refractivity contribution in [2.75, 3.05) is 5.01 Å². The zero-order valence-electron chi connectivity index (χ0n) is 13.7. The lowest BCUT2D eigenvalue weighted by atomic mass is 10.2. The van der Waals surface area contributed by atoms with Crippen LogP contribution in [0.5, 0.6) is 0 Å². The van der Waals surface area contributed by atoms with Crippen molar-refractivity contribution in [3.63, 3.8) is 0 Å². The van der Waals surface area contributed by atoms with Gasteiger partial charge in [0.2, 0.25) is 5.13 Å². The molecule has 0 aliphatic carbocycles. The number of hydrogen-bond donors (Lipinski definition) is 0. The second kappa shape index (κ2) is 7.64. The van der Waals surface area contributed by atoms with E-state index in [0.29, 0.717) is 21.5 Å². The van der Waals surface area contributed by atoms with Crippen molar-refractivity contribution < 1.29 is 9.21 Å². The van der Waals surface area contributed by atoms with Crippen LogP contribution in [0.1, 0.15) is 16.1 Å². The molecule has 5 nitrogen and oxygen atoms in total. The maximum absolute atomic E-state index is 13.1. The first kappa shape index (κ1) is 17.9. The maximum atomic E-state index is 13.1. The van der Waals surface area contributed by atoms with Gasteiger partial charge in [-0.3, -0.25) is 4.79 Å². The molecule has 0 bridgehead atoms. The number of benzene rings is 2. The summed E-state index contributed by atoms with van der Waals surface area (Å²) in [5.74, 6) is 0.196. The van der Waals surface area contributed by atoms with Gasteiger partial charge in [-0.15, -0.1) is 0 Å². The molecule has 1 amide bonds. The largest absolute Gasteiger partial charge is 0.463 e. The molecule has 0 saturated carbocycles. The van der Waals surface area contributed by atoms with Crippen LogP contribution < -0.4 is 5.01 Å². The number of carbonyl (C=O) groups is 1. The Kier molecular flexibility index (Phi) is 5.07. The minimum Gasteiger partial charge on any atom is -0.463 e. The van der Waals surface area contributed by atoms with Crippen LogP contribution in [0.3, 0.4) is 0 Å². The number of aromatic nitrogens is 1. The molecule has 27 heavy (non-hydrogen) atoms. The molecule has 0 radical (unpaired) electrons. The van der Waals surface area contributed by atoms with E-state index in [4.69, 9.17) is 16.0 Å². The van der Waals surface area contributed by atoms with Crippen molar-refractivity contribution in [2.24, 2.45) is 5.10 Å². The van der Waals surface area contributed by atoms with Crippen molar-refractivity contribution in [3.05, 3.63) is 81.7 Å². The minimum atomic E-state index is -0.335. The highest BCUT2D eigenvalue weighted by Crippen LogP contribution is 2.32. The Bertz CT molecular complexity index is 1140. The van der Waals surface area contributed by atoms with E-state index >= 15 is 0 Å². The molecule has 0 unspecified atom stereocenters. The Labute approximate surface area is 172 Å². The molecular weight excluding hydrogens is 450 g/mol. The summed E-state index contributed by atoms with van der Waals surface area (Å²) in [6, 6.07) is 16.0. The van der Waals surface area contributed by atoms with Crippen molar-refractivity contribution in [1.29, 1.82) is 0 Å². The summed E-state index contributed by atoms with van der Waals surface area (Å²) < 4.78 is 7.15. The number of amides is 1. The normalized spacial score (nSPS) is 11.3. The van der Waals surface area contributed by atoms with Crippen molar-refractivity contribution >= 4 is 66.3 Å². The number of nitrogens with zero attached hydrogens (tertiary/aromatic N) is 3. The van der Waals surface area contributed by atoms with Crippen LogP contribution >= 0.6 is 38.9 Å². The number of anilines is 1. The summed E-state index contributed by atoms with van der Waals surface area (Å²) in [5, 5.41) is 6.51. The Morgan fingerprint density at radius 2 is 2.11 bits per heavy atom. The Morgan fingerprint density at radius 3 is 2.89 bits per heavy atom. The van der Waals surface area contributed by atoms with E-state index in [1.54, 1.807) is 42.7 Å². The Balaban J connectivity index is 1.77. The second-order valence-electron chi connectivity index (χ2n) is 5.50. The van der Waals surface area contributed by atoms with Crippen LogP contribution in [0, 0.1) is 0 Å². The highest BCUT2D eigenvalue weighted by Gasteiger charge is 2.21.